The number of nitrogens with zero attached hydrogens (tertiary/aromatic N) is 1. The van der Waals surface area contributed by atoms with Gasteiger partial charge in [0.2, 0.25) is 0 Å². The zero-order chi connectivity index (χ0) is 14.0. The summed E-state index contributed by atoms with van der Waals surface area (Å²) in [6.07, 6.45) is 1.31. The van der Waals surface area contributed by atoms with Gasteiger partial charge in [-0.25, -0.2) is 9.78 Å². The Morgan fingerprint density at radius 2 is 2.05 bits per heavy atom. The van der Waals surface area contributed by atoms with Crippen LogP contribution in [0.3, 0.4) is 0 Å². The third-order valence-electron chi connectivity index (χ3n) is 2.42. The van der Waals surface area contributed by atoms with E-state index in [1.54, 1.807) is 13.0 Å². The van der Waals surface area contributed by atoms with Crippen molar-refractivity contribution in [3.8, 4) is 0 Å². The van der Waals surface area contributed by atoms with Crippen LogP contribution >= 0.6 is 22.7 Å². The van der Waals surface area contributed by atoms with E-state index in [-0.39, 0.29) is 16.8 Å². The van der Waals surface area contributed by atoms with Crippen LogP contribution in [0.1, 0.15) is 42.2 Å². The smallest absolute Gasteiger partial charge is 0.347 e. The van der Waals surface area contributed by atoms with Crippen molar-refractivity contribution in [2.24, 2.45) is 0 Å². The zero-order valence-corrected chi connectivity index (χ0v) is 12.0. The van der Waals surface area contributed by atoms with E-state index in [1.165, 1.54) is 17.5 Å². The number of thiophene rings is 1. The molecular formula is C12H12N2O3S2. The molecule has 1 amide bonds. The van der Waals surface area contributed by atoms with Crippen LogP contribution in [-0.2, 0) is 0 Å². The molecule has 2 aromatic rings. The molecule has 0 aliphatic heterocycles. The normalized spacial score (nSPS) is 12.1. The maximum absolute atomic E-state index is 11.9. The number of aromatic carboxylic acids is 1. The van der Waals surface area contributed by atoms with Gasteiger partial charge in [-0.15, -0.1) is 22.7 Å². The van der Waals surface area contributed by atoms with Crippen LogP contribution in [0.2, 0.25) is 0 Å². The minimum absolute atomic E-state index is 0.169. The number of carbonyl (C=O) groups is 2. The maximum atomic E-state index is 11.9. The Morgan fingerprint density at radius 1 is 1.32 bits per heavy atom. The van der Waals surface area contributed by atoms with Crippen LogP contribution in [0.15, 0.2) is 18.3 Å². The summed E-state index contributed by atoms with van der Waals surface area (Å²) in [5, 5.41) is 12.2. The molecule has 5 nitrogen and oxygen atoms in total. The molecule has 0 saturated carbocycles. The molecule has 1 atom stereocenters. The van der Waals surface area contributed by atoms with Crippen molar-refractivity contribution in [3.05, 3.63) is 38.0 Å². The summed E-state index contributed by atoms with van der Waals surface area (Å²) in [6.45, 7) is 3.72. The zero-order valence-electron chi connectivity index (χ0n) is 10.3. The van der Waals surface area contributed by atoms with Crippen LogP contribution in [0.25, 0.3) is 0 Å². The number of amides is 1. The lowest BCUT2D eigenvalue weighted by Gasteiger charge is -2.09. The van der Waals surface area contributed by atoms with Crippen LogP contribution in [0, 0.1) is 6.92 Å². The van der Waals surface area contributed by atoms with Crippen molar-refractivity contribution in [1.82, 2.24) is 10.3 Å². The quantitative estimate of drug-likeness (QED) is 0.909. The number of aryl methyl sites for hydroxylation is 1. The van der Waals surface area contributed by atoms with Crippen molar-refractivity contribution < 1.29 is 14.7 Å². The van der Waals surface area contributed by atoms with Crippen molar-refractivity contribution in [1.29, 1.82) is 0 Å². The average Bonchev–Trinajstić information content (AvgIpc) is 2.96. The molecule has 0 aliphatic rings. The standard InChI is InChI=1S/C12H12N2O3S2/c1-6-3-4-8(18-6)10(15)14-7(2)11-13-5-9(19-11)12(16)17/h3-5,7H,1-2H3,(H,14,15)(H,16,17). The molecule has 2 heterocycles. The Balaban J connectivity index is 2.05. The van der Waals surface area contributed by atoms with Gasteiger partial charge < -0.3 is 10.4 Å². The summed E-state index contributed by atoms with van der Waals surface area (Å²) in [6, 6.07) is 3.34. The number of carboxylic acid groups (broad SMARTS) is 1. The topological polar surface area (TPSA) is 79.3 Å². The lowest BCUT2D eigenvalue weighted by molar-refractivity contribution is 0.0701. The van der Waals surface area contributed by atoms with Gasteiger partial charge in [-0.2, -0.15) is 0 Å². The van der Waals surface area contributed by atoms with E-state index in [0.29, 0.717) is 9.88 Å². The fourth-order valence-corrected chi connectivity index (χ4v) is 3.00. The predicted molar refractivity (Wildman–Crippen MR) is 74.0 cm³/mol. The van der Waals surface area contributed by atoms with Crippen molar-refractivity contribution in [2.75, 3.05) is 0 Å². The van der Waals surface area contributed by atoms with Crippen molar-refractivity contribution in [2.45, 2.75) is 19.9 Å². The number of carbonyl (C=O) groups excluding carboxylic acids is 1. The number of rotatable bonds is 4. The highest BCUT2D eigenvalue weighted by atomic mass is 32.1. The summed E-state index contributed by atoms with van der Waals surface area (Å²) in [5.41, 5.74) is 0. The first-order chi connectivity index (χ1) is 8.97. The van der Waals surface area contributed by atoms with Gasteiger partial charge in [0.05, 0.1) is 17.1 Å². The molecule has 7 heteroatoms. The maximum Gasteiger partial charge on any atom is 0.347 e. The van der Waals surface area contributed by atoms with Gasteiger partial charge in [0.1, 0.15) is 9.88 Å². The first kappa shape index (κ1) is 13.7. The average molecular weight is 296 g/mol. The highest BCUT2D eigenvalue weighted by molar-refractivity contribution is 7.14. The van der Waals surface area contributed by atoms with E-state index in [4.69, 9.17) is 5.11 Å². The molecule has 100 valence electrons. The first-order valence-corrected chi connectivity index (χ1v) is 7.17. The van der Waals surface area contributed by atoms with Crippen LogP contribution in [-0.4, -0.2) is 22.0 Å². The molecule has 1 unspecified atom stereocenters. The Hall–Kier alpha value is -1.73. The molecule has 0 radical (unpaired) electrons. The minimum Gasteiger partial charge on any atom is -0.477 e. The second-order valence-corrected chi connectivity index (χ2v) is 6.32. The van der Waals surface area contributed by atoms with E-state index in [1.807, 2.05) is 13.0 Å². The number of aromatic nitrogens is 1. The predicted octanol–water partition coefficient (Wildman–Crippen LogP) is 2.70. The van der Waals surface area contributed by atoms with E-state index >= 15 is 0 Å². The monoisotopic (exact) mass is 296 g/mol. The molecule has 2 rings (SSSR count). The molecule has 0 spiro atoms. The van der Waals surface area contributed by atoms with Gasteiger partial charge in [0.15, 0.2) is 0 Å². The Bertz CT molecular complexity index is 618. The van der Waals surface area contributed by atoms with Crippen molar-refractivity contribution in [3.63, 3.8) is 0 Å². The Kier molecular flexibility index (Phi) is 3.96. The Morgan fingerprint density at radius 3 is 2.58 bits per heavy atom. The van der Waals surface area contributed by atoms with Gasteiger partial charge >= 0.3 is 5.97 Å². The first-order valence-electron chi connectivity index (χ1n) is 5.53. The molecule has 2 aromatic heterocycles. The molecule has 19 heavy (non-hydrogen) atoms. The van der Waals surface area contributed by atoms with E-state index in [0.717, 1.165) is 16.2 Å². The molecule has 0 saturated heterocycles. The molecule has 0 aliphatic carbocycles. The van der Waals surface area contributed by atoms with E-state index < -0.39 is 5.97 Å². The highest BCUT2D eigenvalue weighted by Gasteiger charge is 2.17. The summed E-state index contributed by atoms with van der Waals surface area (Å²) >= 11 is 2.49. The largest absolute Gasteiger partial charge is 0.477 e. The molecule has 0 aromatic carbocycles. The lowest BCUT2D eigenvalue weighted by Crippen LogP contribution is -2.25. The van der Waals surface area contributed by atoms with Crippen LogP contribution in [0.4, 0.5) is 0 Å². The van der Waals surface area contributed by atoms with Crippen LogP contribution < -0.4 is 5.32 Å². The fourth-order valence-electron chi connectivity index (χ4n) is 1.47. The van der Waals surface area contributed by atoms with Crippen molar-refractivity contribution >= 4 is 34.6 Å². The fraction of sp³-hybridized carbons (Fsp3) is 0.250. The molecular weight excluding hydrogens is 284 g/mol. The van der Waals surface area contributed by atoms with Gasteiger partial charge in [-0.3, -0.25) is 4.79 Å². The SMILES string of the molecule is Cc1ccc(C(=O)NC(C)c2ncc(C(=O)O)s2)s1. The molecule has 0 fully saturated rings. The lowest BCUT2D eigenvalue weighted by atomic mass is 10.3. The Labute approximate surface area is 117 Å². The number of nitrogens with one attached hydrogen (secondary N) is 1. The highest BCUT2D eigenvalue weighted by Crippen LogP contribution is 2.21. The third-order valence-corrected chi connectivity index (χ3v) is 4.58. The summed E-state index contributed by atoms with van der Waals surface area (Å²) in [7, 11) is 0. The molecule has 2 N–H and O–H groups in total. The number of carboxylic acids is 1. The number of hydrogen-bond donors (Lipinski definition) is 2. The summed E-state index contributed by atoms with van der Waals surface area (Å²) in [4.78, 5) is 28.6. The van der Waals surface area contributed by atoms with Gasteiger partial charge in [0.25, 0.3) is 5.91 Å². The second kappa shape index (κ2) is 5.50. The summed E-state index contributed by atoms with van der Waals surface area (Å²) < 4.78 is 0. The van der Waals surface area contributed by atoms with Gasteiger partial charge in [0, 0.05) is 4.88 Å². The summed E-state index contributed by atoms with van der Waals surface area (Å²) in [5.74, 6) is -1.17. The van der Waals surface area contributed by atoms with E-state index in [9.17, 15) is 9.59 Å². The minimum atomic E-state index is -1.00. The number of hydrogen-bond acceptors (Lipinski definition) is 5. The number of thiazole rings is 1. The molecule has 0 bridgehead atoms. The second-order valence-electron chi connectivity index (χ2n) is 3.97. The van der Waals surface area contributed by atoms with Crippen LogP contribution in [0.5, 0.6) is 0 Å². The van der Waals surface area contributed by atoms with E-state index in [2.05, 4.69) is 10.3 Å². The van der Waals surface area contributed by atoms with Gasteiger partial charge in [-0.05, 0) is 26.0 Å². The van der Waals surface area contributed by atoms with Gasteiger partial charge in [-0.1, -0.05) is 0 Å². The third kappa shape index (κ3) is 3.18.